The zero-order valence-corrected chi connectivity index (χ0v) is 17.9. The number of para-hydroxylation sites is 1. The molecule has 2 rings (SSSR count). The first kappa shape index (κ1) is 25.5. The van der Waals surface area contributed by atoms with Crippen molar-refractivity contribution in [2.45, 2.75) is 31.0 Å². The average Bonchev–Trinajstić information content (AvgIpc) is 2.75. The first-order valence-electron chi connectivity index (χ1n) is 9.22. The number of aromatic nitrogens is 1. The van der Waals surface area contributed by atoms with E-state index in [1.807, 2.05) is 0 Å². The standard InChI is InChI=1S/C19H21F4N3O5S/c1-13(26(2)32(28,29)19(21,22)23)16(9-12-30-17-6-4-3-5-15(17)20)31-25-18(27)14-7-10-24-11-8-14/h3-8,10-11,13,16H,9,12H2,1-2H3,(H,25,27)/t13-,16?/m0/s1. The van der Waals surface area contributed by atoms with Crippen molar-refractivity contribution in [3.63, 3.8) is 0 Å². The highest BCUT2D eigenvalue weighted by Gasteiger charge is 2.50. The Morgan fingerprint density at radius 2 is 1.81 bits per heavy atom. The Balaban J connectivity index is 2.13. The summed E-state index contributed by atoms with van der Waals surface area (Å²) in [6, 6.07) is 6.85. The highest BCUT2D eigenvalue weighted by atomic mass is 32.2. The Labute approximate surface area is 182 Å². The molecule has 0 spiro atoms. The number of alkyl halides is 3. The average molecular weight is 479 g/mol. The van der Waals surface area contributed by atoms with Crippen molar-refractivity contribution < 1.29 is 40.3 Å². The van der Waals surface area contributed by atoms with E-state index >= 15 is 0 Å². The number of rotatable bonds is 10. The van der Waals surface area contributed by atoms with Gasteiger partial charge in [-0.3, -0.25) is 14.6 Å². The summed E-state index contributed by atoms with van der Waals surface area (Å²) in [5, 5.41) is 0. The molecule has 2 aromatic rings. The minimum Gasteiger partial charge on any atom is -0.490 e. The van der Waals surface area contributed by atoms with E-state index in [1.165, 1.54) is 49.6 Å². The number of hydrogen-bond acceptors (Lipinski definition) is 6. The molecule has 0 aliphatic rings. The molecule has 0 saturated heterocycles. The van der Waals surface area contributed by atoms with Crippen molar-refractivity contribution in [1.82, 2.24) is 14.8 Å². The molecule has 0 aliphatic carbocycles. The van der Waals surface area contributed by atoms with E-state index in [4.69, 9.17) is 9.57 Å². The predicted molar refractivity (Wildman–Crippen MR) is 105 cm³/mol. The largest absolute Gasteiger partial charge is 0.511 e. The normalized spacial score (nSPS) is 14.1. The van der Waals surface area contributed by atoms with Crippen molar-refractivity contribution in [2.24, 2.45) is 0 Å². The summed E-state index contributed by atoms with van der Waals surface area (Å²) in [5.41, 5.74) is -3.28. The van der Waals surface area contributed by atoms with Gasteiger partial charge in [-0.25, -0.2) is 18.3 Å². The molecule has 32 heavy (non-hydrogen) atoms. The fourth-order valence-corrected chi connectivity index (χ4v) is 3.45. The summed E-state index contributed by atoms with van der Waals surface area (Å²) < 4.78 is 81.5. The van der Waals surface area contributed by atoms with Gasteiger partial charge in [-0.2, -0.15) is 17.5 Å². The lowest BCUT2D eigenvalue weighted by Gasteiger charge is -2.31. The van der Waals surface area contributed by atoms with Crippen LogP contribution in [-0.4, -0.2) is 54.9 Å². The number of benzene rings is 1. The van der Waals surface area contributed by atoms with Gasteiger partial charge < -0.3 is 4.74 Å². The molecule has 1 N–H and O–H groups in total. The van der Waals surface area contributed by atoms with E-state index in [0.717, 1.165) is 13.1 Å². The molecule has 0 aliphatic heterocycles. The Morgan fingerprint density at radius 3 is 2.41 bits per heavy atom. The number of nitrogens with one attached hydrogen (secondary N) is 1. The molecule has 1 aromatic carbocycles. The van der Waals surface area contributed by atoms with E-state index in [1.54, 1.807) is 0 Å². The number of amides is 1. The Hall–Kier alpha value is -2.77. The quantitative estimate of drug-likeness (QED) is 0.416. The second-order valence-electron chi connectivity index (χ2n) is 6.60. The summed E-state index contributed by atoms with van der Waals surface area (Å²) in [6.45, 7) is 0.941. The molecule has 0 bridgehead atoms. The zero-order chi connectivity index (χ0) is 23.9. The maximum atomic E-state index is 13.7. The second kappa shape index (κ2) is 10.7. The van der Waals surface area contributed by atoms with E-state index in [0.29, 0.717) is 0 Å². The highest BCUT2D eigenvalue weighted by Crippen LogP contribution is 2.28. The molecular weight excluding hydrogens is 458 g/mol. The molecule has 1 heterocycles. The number of carbonyl (C=O) groups excluding carboxylic acids is 1. The van der Waals surface area contributed by atoms with Crippen LogP contribution in [0.3, 0.4) is 0 Å². The Kier molecular flexibility index (Phi) is 8.52. The zero-order valence-electron chi connectivity index (χ0n) is 17.0. The molecule has 176 valence electrons. The summed E-state index contributed by atoms with van der Waals surface area (Å²) in [7, 11) is -4.92. The predicted octanol–water partition coefficient (Wildman–Crippen LogP) is 2.89. The number of hydrogen-bond donors (Lipinski definition) is 1. The molecule has 2 atom stereocenters. The van der Waals surface area contributed by atoms with Crippen LogP contribution in [0.5, 0.6) is 5.75 Å². The molecule has 0 fully saturated rings. The van der Waals surface area contributed by atoms with Gasteiger partial charge >= 0.3 is 15.5 Å². The van der Waals surface area contributed by atoms with Gasteiger partial charge in [0.15, 0.2) is 11.6 Å². The topological polar surface area (TPSA) is 97.8 Å². The fraction of sp³-hybridized carbons (Fsp3) is 0.368. The number of carbonyl (C=O) groups is 1. The van der Waals surface area contributed by atoms with Crippen LogP contribution in [0.2, 0.25) is 0 Å². The van der Waals surface area contributed by atoms with Crippen molar-refractivity contribution in [3.8, 4) is 5.75 Å². The van der Waals surface area contributed by atoms with Gasteiger partial charge in [0.25, 0.3) is 5.91 Å². The monoisotopic (exact) mass is 479 g/mol. The summed E-state index contributed by atoms with van der Waals surface area (Å²) in [4.78, 5) is 21.2. The molecule has 0 radical (unpaired) electrons. The molecular formula is C19H21F4N3O5S. The number of ether oxygens (including phenoxy) is 1. The van der Waals surface area contributed by atoms with Crippen LogP contribution in [-0.2, 0) is 14.9 Å². The Morgan fingerprint density at radius 1 is 1.19 bits per heavy atom. The van der Waals surface area contributed by atoms with Crippen molar-refractivity contribution >= 4 is 15.9 Å². The van der Waals surface area contributed by atoms with Crippen LogP contribution in [0.15, 0.2) is 48.8 Å². The van der Waals surface area contributed by atoms with E-state index in [-0.39, 0.29) is 28.6 Å². The van der Waals surface area contributed by atoms with Gasteiger partial charge in [0.1, 0.15) is 6.10 Å². The van der Waals surface area contributed by atoms with E-state index in [2.05, 4.69) is 10.5 Å². The maximum Gasteiger partial charge on any atom is 0.511 e. The third kappa shape index (κ3) is 6.37. The number of hydroxylamine groups is 1. The summed E-state index contributed by atoms with van der Waals surface area (Å²) >= 11 is 0. The lowest BCUT2D eigenvalue weighted by Crippen LogP contribution is -2.50. The van der Waals surface area contributed by atoms with Crippen LogP contribution < -0.4 is 10.2 Å². The second-order valence-corrected chi connectivity index (χ2v) is 8.59. The van der Waals surface area contributed by atoms with E-state index in [9.17, 15) is 30.8 Å². The van der Waals surface area contributed by atoms with Crippen LogP contribution in [0.1, 0.15) is 23.7 Å². The third-order valence-electron chi connectivity index (χ3n) is 4.53. The van der Waals surface area contributed by atoms with Gasteiger partial charge in [-0.1, -0.05) is 12.1 Å². The van der Waals surface area contributed by atoms with Crippen LogP contribution in [0.25, 0.3) is 0 Å². The summed E-state index contributed by atoms with van der Waals surface area (Å²) in [5.74, 6) is -1.47. The minimum absolute atomic E-state index is 0.0966. The minimum atomic E-state index is -5.66. The number of halogens is 4. The van der Waals surface area contributed by atoms with Crippen molar-refractivity contribution in [3.05, 3.63) is 60.2 Å². The third-order valence-corrected chi connectivity index (χ3v) is 6.20. The van der Waals surface area contributed by atoms with Crippen LogP contribution in [0, 0.1) is 5.82 Å². The molecule has 8 nitrogen and oxygen atoms in total. The highest BCUT2D eigenvalue weighted by molar-refractivity contribution is 7.90. The van der Waals surface area contributed by atoms with E-state index < -0.39 is 39.4 Å². The fourth-order valence-electron chi connectivity index (χ4n) is 2.55. The Bertz CT molecular complexity index is 1010. The number of pyridine rings is 1. The van der Waals surface area contributed by atoms with Crippen LogP contribution in [0.4, 0.5) is 17.6 Å². The van der Waals surface area contributed by atoms with Gasteiger partial charge in [0.2, 0.25) is 0 Å². The van der Waals surface area contributed by atoms with Gasteiger partial charge in [-0.15, -0.1) is 0 Å². The first-order chi connectivity index (χ1) is 14.9. The maximum absolute atomic E-state index is 13.7. The number of nitrogens with zero attached hydrogens (tertiary/aromatic N) is 2. The molecule has 13 heteroatoms. The number of likely N-dealkylation sites (N-methyl/N-ethyl adjacent to an activating group) is 1. The lowest BCUT2D eigenvalue weighted by atomic mass is 10.1. The number of sulfonamides is 1. The van der Waals surface area contributed by atoms with Crippen LogP contribution >= 0.6 is 0 Å². The molecule has 1 aromatic heterocycles. The SMILES string of the molecule is C[C@@H](C(CCOc1ccccc1F)ONC(=O)c1ccncc1)N(C)S(=O)(=O)C(F)(F)F. The smallest absolute Gasteiger partial charge is 0.490 e. The van der Waals surface area contributed by atoms with Crippen molar-refractivity contribution in [2.75, 3.05) is 13.7 Å². The summed E-state index contributed by atoms with van der Waals surface area (Å²) in [6.07, 6.45) is 1.25. The molecule has 1 amide bonds. The van der Waals surface area contributed by atoms with Gasteiger partial charge in [0, 0.05) is 31.4 Å². The van der Waals surface area contributed by atoms with Gasteiger partial charge in [0.05, 0.1) is 12.6 Å². The first-order valence-corrected chi connectivity index (χ1v) is 10.7. The van der Waals surface area contributed by atoms with Gasteiger partial charge in [-0.05, 0) is 31.2 Å². The molecule has 0 saturated carbocycles. The lowest BCUT2D eigenvalue weighted by molar-refractivity contribution is -0.0628. The van der Waals surface area contributed by atoms with Crippen molar-refractivity contribution in [1.29, 1.82) is 0 Å². The molecule has 1 unspecified atom stereocenters.